The molecule has 0 aliphatic carbocycles. The second-order valence-electron chi connectivity index (χ2n) is 5.88. The van der Waals surface area contributed by atoms with Crippen LogP contribution in [0, 0.1) is 19.3 Å². The van der Waals surface area contributed by atoms with Crippen molar-refractivity contribution < 1.29 is 4.79 Å². The molecule has 0 atom stereocenters. The number of rotatable bonds is 2. The molecule has 2 aromatic rings. The van der Waals surface area contributed by atoms with E-state index in [9.17, 15) is 4.79 Å². The van der Waals surface area contributed by atoms with Crippen molar-refractivity contribution in [3.63, 3.8) is 0 Å². The zero-order valence-corrected chi connectivity index (χ0v) is 12.1. The van der Waals surface area contributed by atoms with E-state index in [1.54, 1.807) is 10.7 Å². The summed E-state index contributed by atoms with van der Waals surface area (Å²) >= 11 is 0. The molecule has 0 spiro atoms. The van der Waals surface area contributed by atoms with E-state index in [1.165, 1.54) is 0 Å². The van der Waals surface area contributed by atoms with Crippen LogP contribution in [0.3, 0.4) is 0 Å². The van der Waals surface area contributed by atoms with Crippen LogP contribution in [0.1, 0.15) is 37.7 Å². The summed E-state index contributed by atoms with van der Waals surface area (Å²) in [6.07, 6.45) is 1.76. The van der Waals surface area contributed by atoms with Gasteiger partial charge in [0.2, 0.25) is 5.91 Å². The minimum atomic E-state index is -0.387. The van der Waals surface area contributed by atoms with E-state index < -0.39 is 0 Å². The summed E-state index contributed by atoms with van der Waals surface area (Å²) < 4.78 is 1.80. The third-order valence-corrected chi connectivity index (χ3v) is 2.97. The summed E-state index contributed by atoms with van der Waals surface area (Å²) in [6.45, 7) is 10.1. The monoisotopic (exact) mass is 260 g/mol. The summed E-state index contributed by atoms with van der Waals surface area (Å²) in [5.74, 6) is 0.0243. The maximum atomic E-state index is 11.9. The van der Waals surface area contributed by atoms with E-state index in [1.807, 2.05) is 40.7 Å². The highest BCUT2D eigenvalue weighted by Crippen LogP contribution is 2.15. The van der Waals surface area contributed by atoms with Gasteiger partial charge in [-0.3, -0.25) is 4.79 Å². The Hall–Kier alpha value is -1.91. The van der Waals surface area contributed by atoms with Gasteiger partial charge in [0, 0.05) is 28.9 Å². The molecule has 2 heterocycles. The van der Waals surface area contributed by atoms with E-state index in [4.69, 9.17) is 0 Å². The first kappa shape index (κ1) is 13.5. The van der Waals surface area contributed by atoms with Crippen molar-refractivity contribution in [2.75, 3.05) is 0 Å². The molecule has 1 amide bonds. The van der Waals surface area contributed by atoms with Crippen molar-refractivity contribution in [2.45, 2.75) is 41.2 Å². The Balaban J connectivity index is 2.25. The number of hydrogen-bond acceptors (Lipinski definition) is 3. The Morgan fingerprint density at radius 3 is 2.68 bits per heavy atom. The van der Waals surface area contributed by atoms with Crippen molar-refractivity contribution in [3.05, 3.63) is 29.2 Å². The van der Waals surface area contributed by atoms with Crippen LogP contribution in [0.2, 0.25) is 0 Å². The van der Waals surface area contributed by atoms with E-state index in [2.05, 4.69) is 15.4 Å². The fourth-order valence-electron chi connectivity index (χ4n) is 1.88. The van der Waals surface area contributed by atoms with Gasteiger partial charge >= 0.3 is 0 Å². The van der Waals surface area contributed by atoms with Gasteiger partial charge in [0.05, 0.1) is 6.20 Å². The third-order valence-electron chi connectivity index (χ3n) is 2.97. The Kier molecular flexibility index (Phi) is 3.30. The quantitative estimate of drug-likeness (QED) is 0.898. The highest BCUT2D eigenvalue weighted by atomic mass is 16.2. The van der Waals surface area contributed by atoms with Crippen LogP contribution in [0.25, 0.3) is 5.65 Å². The third kappa shape index (κ3) is 2.75. The number of fused-ring (bicyclic) bond motifs is 1. The molecular formula is C14H20N4O. The maximum Gasteiger partial charge on any atom is 0.225 e. The predicted molar refractivity (Wildman–Crippen MR) is 73.8 cm³/mol. The number of aromatic nitrogens is 3. The Bertz CT molecular complexity index is 622. The van der Waals surface area contributed by atoms with Crippen LogP contribution in [-0.2, 0) is 11.3 Å². The second kappa shape index (κ2) is 4.64. The lowest BCUT2D eigenvalue weighted by molar-refractivity contribution is -0.128. The SMILES string of the molecule is Cc1cc(C)n2ncc(CNC(=O)C(C)(C)C)c2n1. The Morgan fingerprint density at radius 1 is 1.37 bits per heavy atom. The van der Waals surface area contributed by atoms with Crippen LogP contribution in [0.15, 0.2) is 12.3 Å². The average Bonchev–Trinajstić information content (AvgIpc) is 2.67. The highest BCUT2D eigenvalue weighted by molar-refractivity contribution is 5.81. The average molecular weight is 260 g/mol. The van der Waals surface area contributed by atoms with E-state index in [0.29, 0.717) is 6.54 Å². The zero-order valence-electron chi connectivity index (χ0n) is 12.1. The lowest BCUT2D eigenvalue weighted by Gasteiger charge is -2.17. The summed E-state index contributed by atoms with van der Waals surface area (Å²) in [6, 6.07) is 1.98. The fourth-order valence-corrected chi connectivity index (χ4v) is 1.88. The molecule has 0 bridgehead atoms. The predicted octanol–water partition coefficient (Wildman–Crippen LogP) is 2.01. The van der Waals surface area contributed by atoms with Gasteiger partial charge in [-0.25, -0.2) is 9.50 Å². The normalized spacial score (nSPS) is 11.8. The molecule has 2 aromatic heterocycles. The van der Waals surface area contributed by atoms with Gasteiger partial charge in [-0.15, -0.1) is 0 Å². The molecule has 0 radical (unpaired) electrons. The number of carbonyl (C=O) groups excluding carboxylic acids is 1. The highest BCUT2D eigenvalue weighted by Gasteiger charge is 2.21. The number of hydrogen-bond donors (Lipinski definition) is 1. The molecular weight excluding hydrogens is 240 g/mol. The molecule has 0 saturated carbocycles. The molecule has 0 saturated heterocycles. The molecule has 0 unspecified atom stereocenters. The molecule has 1 N–H and O–H groups in total. The number of amides is 1. The molecule has 19 heavy (non-hydrogen) atoms. The van der Waals surface area contributed by atoms with Crippen LogP contribution in [0.4, 0.5) is 0 Å². The van der Waals surface area contributed by atoms with Crippen LogP contribution < -0.4 is 5.32 Å². The fraction of sp³-hybridized carbons (Fsp3) is 0.500. The van der Waals surface area contributed by atoms with Gasteiger partial charge in [-0.1, -0.05) is 20.8 Å². The summed E-state index contributed by atoms with van der Waals surface area (Å²) in [7, 11) is 0. The first-order valence-electron chi connectivity index (χ1n) is 6.38. The van der Waals surface area contributed by atoms with Gasteiger partial charge in [0.15, 0.2) is 5.65 Å². The van der Waals surface area contributed by atoms with Gasteiger partial charge < -0.3 is 5.32 Å². The molecule has 5 nitrogen and oxygen atoms in total. The van der Waals surface area contributed by atoms with Gasteiger partial charge in [0.25, 0.3) is 0 Å². The molecule has 5 heteroatoms. The largest absolute Gasteiger partial charge is 0.351 e. The maximum absolute atomic E-state index is 11.9. The molecule has 2 rings (SSSR count). The Labute approximate surface area is 113 Å². The van der Waals surface area contributed by atoms with Crippen molar-refractivity contribution in [2.24, 2.45) is 5.41 Å². The molecule has 102 valence electrons. The standard InChI is InChI=1S/C14H20N4O/c1-9-6-10(2)18-12(17-9)11(8-16-18)7-15-13(19)14(3,4)5/h6,8H,7H2,1-5H3,(H,15,19). The van der Waals surface area contributed by atoms with Crippen LogP contribution in [-0.4, -0.2) is 20.5 Å². The number of nitrogens with zero attached hydrogens (tertiary/aromatic N) is 3. The molecule has 0 aromatic carbocycles. The first-order valence-corrected chi connectivity index (χ1v) is 6.38. The van der Waals surface area contributed by atoms with Crippen LogP contribution in [0.5, 0.6) is 0 Å². The summed E-state index contributed by atoms with van der Waals surface area (Å²) in [5.41, 5.74) is 3.35. The minimum Gasteiger partial charge on any atom is -0.351 e. The van der Waals surface area contributed by atoms with Gasteiger partial charge in [0.1, 0.15) is 0 Å². The van der Waals surface area contributed by atoms with Gasteiger partial charge in [-0.2, -0.15) is 5.10 Å². The zero-order chi connectivity index (χ0) is 14.2. The van der Waals surface area contributed by atoms with Crippen LogP contribution >= 0.6 is 0 Å². The second-order valence-corrected chi connectivity index (χ2v) is 5.88. The van der Waals surface area contributed by atoms with E-state index in [-0.39, 0.29) is 11.3 Å². The molecule has 0 aliphatic heterocycles. The van der Waals surface area contributed by atoms with Crippen molar-refractivity contribution in [1.29, 1.82) is 0 Å². The lowest BCUT2D eigenvalue weighted by Crippen LogP contribution is -2.34. The van der Waals surface area contributed by atoms with E-state index >= 15 is 0 Å². The van der Waals surface area contributed by atoms with Crippen molar-refractivity contribution in [1.82, 2.24) is 19.9 Å². The smallest absolute Gasteiger partial charge is 0.225 e. The van der Waals surface area contributed by atoms with Crippen molar-refractivity contribution in [3.8, 4) is 0 Å². The van der Waals surface area contributed by atoms with Gasteiger partial charge in [-0.05, 0) is 19.9 Å². The molecule has 0 aliphatic rings. The number of aryl methyl sites for hydroxylation is 2. The lowest BCUT2D eigenvalue weighted by atomic mass is 9.96. The van der Waals surface area contributed by atoms with E-state index in [0.717, 1.165) is 22.6 Å². The Morgan fingerprint density at radius 2 is 2.05 bits per heavy atom. The molecule has 0 fully saturated rings. The van der Waals surface area contributed by atoms with Crippen molar-refractivity contribution >= 4 is 11.6 Å². The first-order chi connectivity index (χ1) is 8.79. The summed E-state index contributed by atoms with van der Waals surface area (Å²) in [4.78, 5) is 16.4. The number of carbonyl (C=O) groups is 1. The minimum absolute atomic E-state index is 0.0243. The summed E-state index contributed by atoms with van der Waals surface area (Å²) in [5, 5.41) is 7.23. The number of nitrogens with one attached hydrogen (secondary N) is 1. The topological polar surface area (TPSA) is 59.3 Å².